The minimum atomic E-state index is -0.966. The molecule has 0 bridgehead atoms. The Kier molecular flexibility index (Phi) is 4.58. The predicted molar refractivity (Wildman–Crippen MR) is 78.2 cm³/mol. The van der Waals surface area contributed by atoms with E-state index in [0.29, 0.717) is 11.1 Å². The molecule has 110 valence electrons. The lowest BCUT2D eigenvalue weighted by molar-refractivity contribution is -0.138. The van der Waals surface area contributed by atoms with Gasteiger partial charge in [-0.25, -0.2) is 4.39 Å². The first-order valence-electron chi connectivity index (χ1n) is 6.64. The van der Waals surface area contributed by atoms with Crippen LogP contribution in [0.4, 0.5) is 4.39 Å². The summed E-state index contributed by atoms with van der Waals surface area (Å²) >= 11 is 0. The van der Waals surface area contributed by atoms with Crippen LogP contribution in [0.25, 0.3) is 0 Å². The van der Waals surface area contributed by atoms with Gasteiger partial charge < -0.3 is 9.84 Å². The molecule has 21 heavy (non-hydrogen) atoms. The van der Waals surface area contributed by atoms with Gasteiger partial charge in [-0.05, 0) is 36.1 Å². The van der Waals surface area contributed by atoms with Crippen LogP contribution in [0.1, 0.15) is 22.6 Å². The number of methoxy groups -OCH3 is 1. The molecule has 0 aliphatic rings. The number of halogens is 1. The predicted octanol–water partition coefficient (Wildman–Crippen LogP) is 3.55. The highest BCUT2D eigenvalue weighted by molar-refractivity contribution is 5.77. The second-order valence-electron chi connectivity index (χ2n) is 4.88. The maximum Gasteiger partial charge on any atom is 0.311 e. The van der Waals surface area contributed by atoms with Crippen molar-refractivity contribution in [2.45, 2.75) is 19.3 Å². The van der Waals surface area contributed by atoms with E-state index in [0.717, 1.165) is 5.56 Å². The second-order valence-corrected chi connectivity index (χ2v) is 4.88. The summed E-state index contributed by atoms with van der Waals surface area (Å²) in [5, 5.41) is 9.48. The second kappa shape index (κ2) is 6.39. The smallest absolute Gasteiger partial charge is 0.311 e. The van der Waals surface area contributed by atoms with Crippen molar-refractivity contribution in [1.82, 2.24) is 0 Å². The summed E-state index contributed by atoms with van der Waals surface area (Å²) in [5.41, 5.74) is 1.92. The molecular formula is C17H17FO3. The summed E-state index contributed by atoms with van der Waals surface area (Å²) in [5.74, 6) is -2.12. The SMILES string of the molecule is COc1cccc(CC(C(=O)O)c2ccccc2C)c1F. The molecule has 0 spiro atoms. The lowest BCUT2D eigenvalue weighted by Crippen LogP contribution is -2.16. The van der Waals surface area contributed by atoms with Crippen LogP contribution >= 0.6 is 0 Å². The number of carboxylic acid groups (broad SMARTS) is 1. The standard InChI is InChI=1S/C17H17FO3/c1-11-6-3-4-8-13(11)14(17(19)20)10-12-7-5-9-15(21-2)16(12)18/h3-9,14H,10H2,1-2H3,(H,19,20). The Labute approximate surface area is 123 Å². The van der Waals surface area contributed by atoms with Gasteiger partial charge >= 0.3 is 5.97 Å². The van der Waals surface area contributed by atoms with Crippen LogP contribution in [-0.2, 0) is 11.2 Å². The zero-order valence-corrected chi connectivity index (χ0v) is 12.0. The van der Waals surface area contributed by atoms with E-state index >= 15 is 0 Å². The van der Waals surface area contributed by atoms with E-state index < -0.39 is 17.7 Å². The van der Waals surface area contributed by atoms with Crippen molar-refractivity contribution in [1.29, 1.82) is 0 Å². The van der Waals surface area contributed by atoms with Crippen molar-refractivity contribution in [3.63, 3.8) is 0 Å². The molecular weight excluding hydrogens is 271 g/mol. The van der Waals surface area contributed by atoms with Gasteiger partial charge in [-0.1, -0.05) is 36.4 Å². The minimum Gasteiger partial charge on any atom is -0.494 e. The highest BCUT2D eigenvalue weighted by Gasteiger charge is 2.24. The van der Waals surface area contributed by atoms with E-state index in [9.17, 15) is 14.3 Å². The molecule has 0 saturated heterocycles. The van der Waals surface area contributed by atoms with Crippen molar-refractivity contribution in [2.24, 2.45) is 0 Å². The molecule has 0 aromatic heterocycles. The average Bonchev–Trinajstić information content (AvgIpc) is 2.47. The molecule has 0 amide bonds. The minimum absolute atomic E-state index is 0.0865. The Bertz CT molecular complexity index is 652. The number of carbonyl (C=O) groups is 1. The fourth-order valence-electron chi connectivity index (χ4n) is 2.40. The van der Waals surface area contributed by atoms with Gasteiger partial charge in [0.15, 0.2) is 11.6 Å². The van der Waals surface area contributed by atoms with Crippen LogP contribution in [0.5, 0.6) is 5.75 Å². The molecule has 0 aliphatic carbocycles. The summed E-state index contributed by atoms with van der Waals surface area (Å²) in [6, 6.07) is 12.0. The quantitative estimate of drug-likeness (QED) is 0.915. The van der Waals surface area contributed by atoms with Crippen LogP contribution in [0.3, 0.4) is 0 Å². The number of carboxylic acids is 1. The van der Waals surface area contributed by atoms with E-state index in [1.54, 1.807) is 24.3 Å². The summed E-state index contributed by atoms with van der Waals surface area (Å²) < 4.78 is 19.1. The van der Waals surface area contributed by atoms with Gasteiger partial charge in [0.1, 0.15) is 0 Å². The third-order valence-corrected chi connectivity index (χ3v) is 3.55. The zero-order valence-electron chi connectivity index (χ0n) is 12.0. The number of ether oxygens (including phenoxy) is 1. The molecule has 0 heterocycles. The van der Waals surface area contributed by atoms with E-state index in [1.165, 1.54) is 13.2 Å². The molecule has 0 radical (unpaired) electrons. The first-order valence-corrected chi connectivity index (χ1v) is 6.64. The molecule has 0 saturated carbocycles. The lowest BCUT2D eigenvalue weighted by Gasteiger charge is -2.16. The molecule has 1 atom stereocenters. The number of hydrogen-bond acceptors (Lipinski definition) is 2. The van der Waals surface area contributed by atoms with Gasteiger partial charge in [-0.2, -0.15) is 0 Å². The highest BCUT2D eigenvalue weighted by atomic mass is 19.1. The number of rotatable bonds is 5. The van der Waals surface area contributed by atoms with Gasteiger partial charge in [0.25, 0.3) is 0 Å². The Morgan fingerprint density at radius 1 is 1.24 bits per heavy atom. The Hall–Kier alpha value is -2.36. The van der Waals surface area contributed by atoms with Gasteiger partial charge in [0.2, 0.25) is 0 Å². The maximum atomic E-state index is 14.2. The van der Waals surface area contributed by atoms with E-state index in [2.05, 4.69) is 0 Å². The van der Waals surface area contributed by atoms with Crippen LogP contribution in [-0.4, -0.2) is 18.2 Å². The molecule has 2 aromatic rings. The maximum absolute atomic E-state index is 14.2. The summed E-state index contributed by atoms with van der Waals surface area (Å²) in [7, 11) is 1.39. The van der Waals surface area contributed by atoms with Crippen LogP contribution < -0.4 is 4.74 Å². The van der Waals surface area contributed by atoms with Gasteiger partial charge in [-0.3, -0.25) is 4.79 Å². The molecule has 0 fully saturated rings. The summed E-state index contributed by atoms with van der Waals surface area (Å²) in [6.07, 6.45) is 0.0865. The number of aliphatic carboxylic acids is 1. The van der Waals surface area contributed by atoms with Gasteiger partial charge in [-0.15, -0.1) is 0 Å². The molecule has 2 rings (SSSR count). The van der Waals surface area contributed by atoms with Crippen molar-refractivity contribution in [3.05, 3.63) is 65.0 Å². The Morgan fingerprint density at radius 3 is 2.57 bits per heavy atom. The lowest BCUT2D eigenvalue weighted by atomic mass is 9.89. The number of benzene rings is 2. The topological polar surface area (TPSA) is 46.5 Å². The van der Waals surface area contributed by atoms with E-state index in [1.807, 2.05) is 19.1 Å². The van der Waals surface area contributed by atoms with Crippen molar-refractivity contribution >= 4 is 5.97 Å². The van der Waals surface area contributed by atoms with Crippen molar-refractivity contribution in [3.8, 4) is 5.75 Å². The highest BCUT2D eigenvalue weighted by Crippen LogP contribution is 2.28. The van der Waals surface area contributed by atoms with Crippen molar-refractivity contribution in [2.75, 3.05) is 7.11 Å². The number of hydrogen-bond donors (Lipinski definition) is 1. The molecule has 1 unspecified atom stereocenters. The zero-order chi connectivity index (χ0) is 15.4. The fraction of sp³-hybridized carbons (Fsp3) is 0.235. The molecule has 4 heteroatoms. The normalized spacial score (nSPS) is 12.0. The van der Waals surface area contributed by atoms with Gasteiger partial charge in [0, 0.05) is 0 Å². The summed E-state index contributed by atoms with van der Waals surface area (Å²) in [4.78, 5) is 11.6. The van der Waals surface area contributed by atoms with E-state index in [4.69, 9.17) is 4.74 Å². The molecule has 3 nitrogen and oxygen atoms in total. The largest absolute Gasteiger partial charge is 0.494 e. The van der Waals surface area contributed by atoms with Gasteiger partial charge in [0.05, 0.1) is 13.0 Å². The van der Waals surface area contributed by atoms with Crippen molar-refractivity contribution < 1.29 is 19.0 Å². The molecule has 1 N–H and O–H groups in total. The first kappa shape index (κ1) is 15.0. The average molecular weight is 288 g/mol. The fourth-order valence-corrected chi connectivity index (χ4v) is 2.40. The third-order valence-electron chi connectivity index (χ3n) is 3.55. The summed E-state index contributed by atoms with van der Waals surface area (Å²) in [6.45, 7) is 1.85. The monoisotopic (exact) mass is 288 g/mol. The Morgan fingerprint density at radius 2 is 1.95 bits per heavy atom. The third kappa shape index (κ3) is 3.21. The van der Waals surface area contributed by atoms with E-state index in [-0.39, 0.29) is 12.2 Å². The van der Waals surface area contributed by atoms with Crippen LogP contribution in [0, 0.1) is 12.7 Å². The molecule has 0 aliphatic heterocycles. The molecule has 2 aromatic carbocycles. The van der Waals surface area contributed by atoms with Crippen LogP contribution in [0.2, 0.25) is 0 Å². The first-order chi connectivity index (χ1) is 10.0. The van der Waals surface area contributed by atoms with Crippen LogP contribution in [0.15, 0.2) is 42.5 Å². The number of aryl methyl sites for hydroxylation is 1. The Balaban J connectivity index is 2.38.